The van der Waals surface area contributed by atoms with Crippen LogP contribution < -0.4 is 15.7 Å². The van der Waals surface area contributed by atoms with E-state index in [0.717, 1.165) is 5.56 Å². The van der Waals surface area contributed by atoms with E-state index >= 15 is 0 Å². The monoisotopic (exact) mass is 350 g/mol. The number of anilines is 1. The molecule has 3 N–H and O–H groups in total. The second kappa shape index (κ2) is 8.45. The van der Waals surface area contributed by atoms with Crippen LogP contribution in [0.25, 0.3) is 0 Å². The van der Waals surface area contributed by atoms with E-state index in [1.54, 1.807) is 6.07 Å². The van der Waals surface area contributed by atoms with Crippen molar-refractivity contribution >= 4 is 23.5 Å². The number of aliphatic imine (C=N–C) groups is 1. The molecule has 0 aliphatic carbocycles. The van der Waals surface area contributed by atoms with Gasteiger partial charge in [-0.25, -0.2) is 4.79 Å². The predicted octanol–water partition coefficient (Wildman–Crippen LogP) is -0.574. The number of carbonyl (C=O) groups is 2. The molecule has 0 radical (unpaired) electrons. The highest BCUT2D eigenvalue weighted by Crippen LogP contribution is 2.23. The van der Waals surface area contributed by atoms with Gasteiger partial charge in [0.15, 0.2) is 6.29 Å². The van der Waals surface area contributed by atoms with Gasteiger partial charge in [0.2, 0.25) is 0 Å². The molecule has 1 aliphatic heterocycles. The highest BCUT2D eigenvalue weighted by atomic mass is 16.7. The number of rotatable bonds is 7. The first-order valence-corrected chi connectivity index (χ1v) is 7.61. The normalized spacial score (nSPS) is 16.4. The third kappa shape index (κ3) is 4.91. The van der Waals surface area contributed by atoms with Crippen molar-refractivity contribution in [2.45, 2.75) is 25.3 Å². The molecule has 2 rings (SSSR count). The summed E-state index contributed by atoms with van der Waals surface area (Å²) in [7, 11) is 2.98. The number of carboxylic acids is 2. The molecule has 0 amide bonds. The van der Waals surface area contributed by atoms with Crippen molar-refractivity contribution in [1.29, 1.82) is 0 Å². The minimum absolute atomic E-state index is 0.105. The van der Waals surface area contributed by atoms with Crippen molar-refractivity contribution in [3.8, 4) is 0 Å². The van der Waals surface area contributed by atoms with Gasteiger partial charge >= 0.3 is 5.97 Å². The number of aliphatic carboxylic acids is 1. The molecular weight excluding hydrogens is 330 g/mol. The molecule has 1 aromatic carbocycles. The number of nitrogens with zero attached hydrogens (tertiary/aromatic N) is 1. The first-order valence-electron chi connectivity index (χ1n) is 7.61. The Bertz CT molecular complexity index is 672. The van der Waals surface area contributed by atoms with Gasteiger partial charge in [0.25, 0.3) is 0 Å². The summed E-state index contributed by atoms with van der Waals surface area (Å²) >= 11 is 0. The van der Waals surface area contributed by atoms with Crippen LogP contribution >= 0.6 is 0 Å². The van der Waals surface area contributed by atoms with Gasteiger partial charge in [-0.1, -0.05) is 6.07 Å². The van der Waals surface area contributed by atoms with E-state index in [1.165, 1.54) is 26.4 Å². The number of benzene rings is 1. The average molecular weight is 350 g/mol. The smallest absolute Gasteiger partial charge is 0.335 e. The quantitative estimate of drug-likeness (QED) is 0.557. The average Bonchev–Trinajstić information content (AvgIpc) is 2.74. The van der Waals surface area contributed by atoms with E-state index in [-0.39, 0.29) is 25.1 Å². The van der Waals surface area contributed by atoms with Gasteiger partial charge in [-0.05, 0) is 17.7 Å². The topological polar surface area (TPSA) is 132 Å². The number of nitrogens with one attached hydrogen (secondary N) is 2. The fourth-order valence-electron chi connectivity index (χ4n) is 2.46. The Labute approximate surface area is 144 Å². The number of hydrogen-bond donors (Lipinski definition) is 3. The lowest BCUT2D eigenvalue weighted by molar-refractivity contribution is -0.305. The number of hydrogen-bond acceptors (Lipinski definition) is 8. The van der Waals surface area contributed by atoms with E-state index < -0.39 is 24.3 Å². The van der Waals surface area contributed by atoms with Gasteiger partial charge in [0, 0.05) is 32.3 Å². The van der Waals surface area contributed by atoms with Crippen LogP contribution in [0.15, 0.2) is 23.2 Å². The zero-order valence-electron chi connectivity index (χ0n) is 13.9. The summed E-state index contributed by atoms with van der Waals surface area (Å²) in [5.74, 6) is -1.90. The number of aromatic carboxylic acids is 1. The Hall–Kier alpha value is -2.65. The van der Waals surface area contributed by atoms with Gasteiger partial charge in [-0.15, -0.1) is 0 Å². The summed E-state index contributed by atoms with van der Waals surface area (Å²) in [5, 5.41) is 26.3. The summed E-state index contributed by atoms with van der Waals surface area (Å²) in [6.45, 7) is 0.548. The van der Waals surface area contributed by atoms with Gasteiger partial charge in [0.1, 0.15) is 5.84 Å². The van der Waals surface area contributed by atoms with Crippen molar-refractivity contribution in [2.75, 3.05) is 26.1 Å². The molecule has 1 unspecified atom stereocenters. The van der Waals surface area contributed by atoms with Gasteiger partial charge < -0.3 is 35.1 Å². The largest absolute Gasteiger partial charge is 0.550 e. The summed E-state index contributed by atoms with van der Waals surface area (Å²) in [5.41, 5.74) is 1.40. The first-order chi connectivity index (χ1) is 11.9. The number of carboxylic acid groups (broad SMARTS) is 2. The van der Waals surface area contributed by atoms with E-state index in [4.69, 9.17) is 14.6 Å². The summed E-state index contributed by atoms with van der Waals surface area (Å²) in [6.07, 6.45) is -0.844. The van der Waals surface area contributed by atoms with E-state index in [0.29, 0.717) is 11.5 Å². The van der Waals surface area contributed by atoms with Crippen LogP contribution in [-0.4, -0.2) is 56.0 Å². The molecule has 0 spiro atoms. The standard InChI is InChI=1S/C16H21N3O6/c1-24-14(25-2)8-18-15-12(6-13(20)21)19-11-5-9(16(22)23)3-4-10(11)7-17-15/h3-5,12,14,19H,6-8H2,1-2H3,(H,17,18)(H,20,21)(H,22,23)/p-1. The van der Waals surface area contributed by atoms with Gasteiger partial charge in [-0.3, -0.25) is 4.99 Å². The van der Waals surface area contributed by atoms with E-state index in [1.807, 2.05) is 0 Å². The number of carbonyl (C=O) groups excluding carboxylic acids is 1. The molecular formula is C16H20N3O6-. The molecule has 9 nitrogen and oxygen atoms in total. The molecule has 0 aromatic heterocycles. The maximum atomic E-state index is 11.1. The Kier molecular flexibility index (Phi) is 6.31. The molecule has 0 saturated heterocycles. The summed E-state index contributed by atoms with van der Waals surface area (Å²) < 4.78 is 10.2. The van der Waals surface area contributed by atoms with Crippen molar-refractivity contribution in [2.24, 2.45) is 4.99 Å². The second-order valence-corrected chi connectivity index (χ2v) is 5.43. The molecule has 25 heavy (non-hydrogen) atoms. The Morgan fingerprint density at radius 1 is 1.44 bits per heavy atom. The van der Waals surface area contributed by atoms with Crippen LogP contribution in [0.1, 0.15) is 22.3 Å². The molecule has 0 bridgehead atoms. The first kappa shape index (κ1) is 18.7. The molecule has 9 heteroatoms. The van der Waals surface area contributed by atoms with Crippen molar-refractivity contribution in [3.63, 3.8) is 0 Å². The van der Waals surface area contributed by atoms with Crippen molar-refractivity contribution in [3.05, 3.63) is 29.3 Å². The molecule has 1 atom stereocenters. The Morgan fingerprint density at radius 2 is 2.16 bits per heavy atom. The molecule has 1 aromatic rings. The Balaban J connectivity index is 2.23. The van der Waals surface area contributed by atoms with E-state index in [9.17, 15) is 14.7 Å². The highest BCUT2D eigenvalue weighted by Gasteiger charge is 2.22. The van der Waals surface area contributed by atoms with Crippen LogP contribution in [0.5, 0.6) is 0 Å². The highest BCUT2D eigenvalue weighted by molar-refractivity contribution is 5.95. The Morgan fingerprint density at radius 3 is 2.76 bits per heavy atom. The lowest BCUT2D eigenvalue weighted by Crippen LogP contribution is -2.45. The minimum atomic E-state index is -1.25. The summed E-state index contributed by atoms with van der Waals surface area (Å²) in [4.78, 5) is 26.6. The molecule has 1 aliphatic rings. The maximum Gasteiger partial charge on any atom is 0.335 e. The zero-order chi connectivity index (χ0) is 18.4. The lowest BCUT2D eigenvalue weighted by atomic mass is 10.1. The molecule has 0 saturated carbocycles. The molecule has 1 heterocycles. The van der Waals surface area contributed by atoms with Crippen LogP contribution in [0, 0.1) is 0 Å². The maximum absolute atomic E-state index is 11.1. The minimum Gasteiger partial charge on any atom is -0.550 e. The SMILES string of the molecule is COC(CNC1=NCc2ccc(C(=O)O)cc2NC1CC(=O)[O-])OC. The number of amidine groups is 1. The van der Waals surface area contributed by atoms with E-state index in [2.05, 4.69) is 15.6 Å². The second-order valence-electron chi connectivity index (χ2n) is 5.43. The lowest BCUT2D eigenvalue weighted by Gasteiger charge is -2.23. The van der Waals surface area contributed by atoms with Crippen LogP contribution in [0.4, 0.5) is 5.69 Å². The third-order valence-corrected chi connectivity index (χ3v) is 3.78. The zero-order valence-corrected chi connectivity index (χ0v) is 13.9. The summed E-state index contributed by atoms with van der Waals surface area (Å²) in [6, 6.07) is 3.91. The van der Waals surface area contributed by atoms with Crippen molar-refractivity contribution in [1.82, 2.24) is 5.32 Å². The number of ether oxygens (including phenoxy) is 2. The van der Waals surface area contributed by atoms with Crippen molar-refractivity contribution < 1.29 is 29.3 Å². The fourth-order valence-corrected chi connectivity index (χ4v) is 2.46. The number of methoxy groups -OCH3 is 2. The third-order valence-electron chi connectivity index (χ3n) is 3.78. The number of fused-ring (bicyclic) bond motifs is 1. The van der Waals surface area contributed by atoms with Gasteiger partial charge in [-0.2, -0.15) is 0 Å². The van der Waals surface area contributed by atoms with Crippen LogP contribution in [-0.2, 0) is 20.8 Å². The molecule has 136 valence electrons. The van der Waals surface area contributed by atoms with Crippen LogP contribution in [0.3, 0.4) is 0 Å². The fraction of sp³-hybridized carbons (Fsp3) is 0.438. The predicted molar refractivity (Wildman–Crippen MR) is 87.4 cm³/mol. The van der Waals surface area contributed by atoms with Crippen LogP contribution in [0.2, 0.25) is 0 Å². The van der Waals surface area contributed by atoms with Gasteiger partial charge in [0.05, 0.1) is 24.7 Å². The molecule has 0 fully saturated rings.